The standard InChI is InChI=1S/C22H28N2O5S/c1-15-8-10-17(11-9-15)30(27,28)24-21(22(25)26)18-14-20(16-6-4-3-5-7-16)29-19(18)12-13-23-2/h3-11,18-21,23-24H,12-14H2,1-2H3,(H,25,26)/t18-,19+,20+,21+/m0/s1. The molecule has 7 nitrogen and oxygen atoms in total. The van der Waals surface area contributed by atoms with Crippen molar-refractivity contribution in [3.63, 3.8) is 0 Å². The first kappa shape index (κ1) is 22.4. The quantitative estimate of drug-likeness (QED) is 0.562. The zero-order chi connectivity index (χ0) is 21.7. The molecule has 162 valence electrons. The van der Waals surface area contributed by atoms with E-state index < -0.39 is 28.0 Å². The normalized spacial score (nSPS) is 22.7. The first-order chi connectivity index (χ1) is 14.3. The van der Waals surface area contributed by atoms with Crippen molar-refractivity contribution < 1.29 is 23.1 Å². The van der Waals surface area contributed by atoms with Crippen molar-refractivity contribution >= 4 is 16.0 Å². The second kappa shape index (κ2) is 9.70. The minimum Gasteiger partial charge on any atom is -0.480 e. The van der Waals surface area contributed by atoms with Crippen molar-refractivity contribution in [2.75, 3.05) is 13.6 Å². The number of carbonyl (C=O) groups is 1. The first-order valence-electron chi connectivity index (χ1n) is 9.98. The maximum atomic E-state index is 12.9. The highest BCUT2D eigenvalue weighted by atomic mass is 32.2. The Morgan fingerprint density at radius 3 is 2.43 bits per heavy atom. The highest BCUT2D eigenvalue weighted by Gasteiger charge is 2.44. The lowest BCUT2D eigenvalue weighted by Gasteiger charge is -2.25. The smallest absolute Gasteiger partial charge is 0.322 e. The van der Waals surface area contributed by atoms with Gasteiger partial charge in [-0.2, -0.15) is 4.72 Å². The van der Waals surface area contributed by atoms with Gasteiger partial charge in [-0.25, -0.2) is 8.42 Å². The molecule has 1 saturated heterocycles. The van der Waals surface area contributed by atoms with E-state index >= 15 is 0 Å². The number of aryl methyl sites for hydroxylation is 1. The lowest BCUT2D eigenvalue weighted by atomic mass is 9.89. The second-order valence-electron chi connectivity index (χ2n) is 7.62. The number of hydrogen-bond acceptors (Lipinski definition) is 5. The van der Waals surface area contributed by atoms with Crippen LogP contribution >= 0.6 is 0 Å². The molecule has 1 aliphatic rings. The molecule has 2 aromatic rings. The van der Waals surface area contributed by atoms with E-state index in [4.69, 9.17) is 4.74 Å². The summed E-state index contributed by atoms with van der Waals surface area (Å²) < 4.78 is 34.3. The molecule has 0 bridgehead atoms. The zero-order valence-corrected chi connectivity index (χ0v) is 17.9. The van der Waals surface area contributed by atoms with Crippen LogP contribution in [0.3, 0.4) is 0 Å². The van der Waals surface area contributed by atoms with Crippen molar-refractivity contribution in [2.45, 2.75) is 42.9 Å². The number of sulfonamides is 1. The van der Waals surface area contributed by atoms with Crippen molar-refractivity contribution in [1.29, 1.82) is 0 Å². The van der Waals surface area contributed by atoms with Crippen LogP contribution < -0.4 is 10.0 Å². The SMILES string of the molecule is CNCC[C@H]1O[C@@H](c2ccccc2)C[C@@H]1[C@@H](NS(=O)(=O)c1ccc(C)cc1)C(=O)O. The Kier molecular flexibility index (Phi) is 7.25. The monoisotopic (exact) mass is 432 g/mol. The highest BCUT2D eigenvalue weighted by molar-refractivity contribution is 7.89. The molecule has 0 aromatic heterocycles. The van der Waals surface area contributed by atoms with E-state index in [1.54, 1.807) is 12.1 Å². The van der Waals surface area contributed by atoms with Crippen LogP contribution in [0.1, 0.15) is 30.1 Å². The van der Waals surface area contributed by atoms with E-state index in [1.165, 1.54) is 12.1 Å². The van der Waals surface area contributed by atoms with E-state index in [2.05, 4.69) is 10.0 Å². The van der Waals surface area contributed by atoms with Gasteiger partial charge in [-0.1, -0.05) is 48.0 Å². The summed E-state index contributed by atoms with van der Waals surface area (Å²) in [6.45, 7) is 2.50. The molecule has 0 spiro atoms. The average Bonchev–Trinajstić information content (AvgIpc) is 3.15. The third-order valence-electron chi connectivity index (χ3n) is 5.46. The third kappa shape index (κ3) is 5.26. The summed E-state index contributed by atoms with van der Waals surface area (Å²) >= 11 is 0. The average molecular weight is 433 g/mol. The van der Waals surface area contributed by atoms with Crippen molar-refractivity contribution in [2.24, 2.45) is 5.92 Å². The lowest BCUT2D eigenvalue weighted by molar-refractivity contribution is -0.141. The Balaban J connectivity index is 1.86. The fourth-order valence-corrected chi connectivity index (χ4v) is 5.08. The number of aliphatic carboxylic acids is 1. The van der Waals surface area contributed by atoms with E-state index in [-0.39, 0.29) is 17.1 Å². The number of rotatable bonds is 9. The molecule has 2 aromatic carbocycles. The Morgan fingerprint density at radius 2 is 1.83 bits per heavy atom. The van der Waals surface area contributed by atoms with Crippen LogP contribution in [0, 0.1) is 12.8 Å². The summed E-state index contributed by atoms with van der Waals surface area (Å²) in [6.07, 6.45) is 0.347. The van der Waals surface area contributed by atoms with Gasteiger partial charge in [0.25, 0.3) is 0 Å². The predicted octanol–water partition coefficient (Wildman–Crippen LogP) is 2.48. The van der Waals surface area contributed by atoms with Gasteiger partial charge in [0.05, 0.1) is 17.1 Å². The Bertz CT molecular complexity index is 947. The van der Waals surface area contributed by atoms with Crippen molar-refractivity contribution in [1.82, 2.24) is 10.0 Å². The molecule has 3 N–H and O–H groups in total. The maximum Gasteiger partial charge on any atom is 0.322 e. The fraction of sp³-hybridized carbons (Fsp3) is 0.409. The van der Waals surface area contributed by atoms with Gasteiger partial charge in [0, 0.05) is 5.92 Å². The molecule has 8 heteroatoms. The van der Waals surface area contributed by atoms with Crippen LogP contribution in [0.2, 0.25) is 0 Å². The van der Waals surface area contributed by atoms with E-state index in [0.29, 0.717) is 19.4 Å². The van der Waals surface area contributed by atoms with Gasteiger partial charge < -0.3 is 15.2 Å². The van der Waals surface area contributed by atoms with Gasteiger partial charge in [0.1, 0.15) is 6.04 Å². The van der Waals surface area contributed by atoms with Crippen LogP contribution in [0.25, 0.3) is 0 Å². The molecule has 0 unspecified atom stereocenters. The minimum absolute atomic E-state index is 0.0460. The second-order valence-corrected chi connectivity index (χ2v) is 9.33. The molecule has 0 aliphatic carbocycles. The van der Waals surface area contributed by atoms with E-state index in [0.717, 1.165) is 11.1 Å². The van der Waals surface area contributed by atoms with Gasteiger partial charge in [0.15, 0.2) is 0 Å². The maximum absolute atomic E-state index is 12.9. The van der Waals surface area contributed by atoms with Gasteiger partial charge in [-0.3, -0.25) is 4.79 Å². The molecule has 1 fully saturated rings. The van der Waals surface area contributed by atoms with Gasteiger partial charge in [-0.05, 0) is 51.1 Å². The highest BCUT2D eigenvalue weighted by Crippen LogP contribution is 2.40. The van der Waals surface area contributed by atoms with Crippen molar-refractivity contribution in [3.8, 4) is 0 Å². The Hall–Kier alpha value is -2.26. The summed E-state index contributed by atoms with van der Waals surface area (Å²) in [4.78, 5) is 12.2. The number of carboxylic acid groups (broad SMARTS) is 1. The molecule has 3 rings (SSSR count). The number of benzene rings is 2. The molecule has 1 aliphatic heterocycles. The number of hydrogen-bond donors (Lipinski definition) is 3. The summed E-state index contributed by atoms with van der Waals surface area (Å²) in [5.41, 5.74) is 1.88. The van der Waals surface area contributed by atoms with Gasteiger partial charge >= 0.3 is 5.97 Å². The Labute approximate surface area is 177 Å². The molecule has 30 heavy (non-hydrogen) atoms. The van der Waals surface area contributed by atoms with Crippen LogP contribution in [0.5, 0.6) is 0 Å². The minimum atomic E-state index is -3.99. The lowest BCUT2D eigenvalue weighted by Crippen LogP contribution is -2.48. The molecule has 0 saturated carbocycles. The topological polar surface area (TPSA) is 105 Å². The largest absolute Gasteiger partial charge is 0.480 e. The fourth-order valence-electron chi connectivity index (χ4n) is 3.84. The third-order valence-corrected chi connectivity index (χ3v) is 6.92. The molecule has 0 amide bonds. The van der Waals surface area contributed by atoms with Crippen LogP contribution in [0.4, 0.5) is 0 Å². The first-order valence-corrected chi connectivity index (χ1v) is 11.5. The molecule has 0 radical (unpaired) electrons. The molecule has 1 heterocycles. The van der Waals surface area contributed by atoms with Gasteiger partial charge in [-0.15, -0.1) is 0 Å². The summed E-state index contributed by atoms with van der Waals surface area (Å²) in [7, 11) is -2.17. The molecular formula is C22H28N2O5S. The predicted molar refractivity (Wildman–Crippen MR) is 114 cm³/mol. The van der Waals surface area contributed by atoms with Crippen LogP contribution in [-0.2, 0) is 19.6 Å². The molecule has 4 atom stereocenters. The van der Waals surface area contributed by atoms with Crippen LogP contribution in [0.15, 0.2) is 59.5 Å². The summed E-state index contributed by atoms with van der Waals surface area (Å²) in [5, 5.41) is 12.9. The zero-order valence-electron chi connectivity index (χ0n) is 17.1. The number of carboxylic acids is 1. The van der Waals surface area contributed by atoms with Crippen molar-refractivity contribution in [3.05, 3.63) is 65.7 Å². The number of ether oxygens (including phenoxy) is 1. The Morgan fingerprint density at radius 1 is 1.17 bits per heavy atom. The summed E-state index contributed by atoms with van der Waals surface area (Å²) in [5.74, 6) is -1.70. The van der Waals surface area contributed by atoms with Crippen LogP contribution in [-0.4, -0.2) is 45.2 Å². The number of nitrogens with one attached hydrogen (secondary N) is 2. The molecular weight excluding hydrogens is 404 g/mol. The van der Waals surface area contributed by atoms with E-state index in [1.807, 2.05) is 44.3 Å². The van der Waals surface area contributed by atoms with Gasteiger partial charge in [0.2, 0.25) is 10.0 Å². The van der Waals surface area contributed by atoms with E-state index in [9.17, 15) is 18.3 Å². The summed E-state index contributed by atoms with van der Waals surface area (Å²) in [6, 6.07) is 14.6.